The van der Waals surface area contributed by atoms with E-state index >= 15 is 0 Å². The molecule has 182 valence electrons. The molecule has 0 spiro atoms. The van der Waals surface area contributed by atoms with E-state index in [1.54, 1.807) is 18.2 Å². The van der Waals surface area contributed by atoms with Gasteiger partial charge in [0.1, 0.15) is 18.2 Å². The van der Waals surface area contributed by atoms with Crippen LogP contribution in [0, 0.1) is 12.9 Å². The van der Waals surface area contributed by atoms with Crippen molar-refractivity contribution in [2.24, 2.45) is 0 Å². The van der Waals surface area contributed by atoms with Crippen molar-refractivity contribution < 1.29 is 23.5 Å². The molecule has 0 fully saturated rings. The molecule has 1 heterocycles. The van der Waals surface area contributed by atoms with Gasteiger partial charge in [0.25, 0.3) is 0 Å². The molecule has 0 bridgehead atoms. The van der Waals surface area contributed by atoms with Crippen LogP contribution in [0.25, 0.3) is 0 Å². The third kappa shape index (κ3) is 6.50. The van der Waals surface area contributed by atoms with Gasteiger partial charge in [0.15, 0.2) is 5.78 Å². The Hall–Kier alpha value is -4.07. The van der Waals surface area contributed by atoms with Crippen LogP contribution in [-0.4, -0.2) is 40.3 Å². The number of Topliss-reactive ketones (excluding diaryl/α,β-unsaturated/α-hetero) is 1. The summed E-state index contributed by atoms with van der Waals surface area (Å²) in [6.07, 6.45) is 0.459. The summed E-state index contributed by atoms with van der Waals surface area (Å²) in [6, 6.07) is 17.5. The van der Waals surface area contributed by atoms with Crippen LogP contribution in [0.1, 0.15) is 46.9 Å². The first kappa shape index (κ1) is 25.6. The first-order valence-electron chi connectivity index (χ1n) is 11.1. The van der Waals surface area contributed by atoms with Gasteiger partial charge in [-0.05, 0) is 50.1 Å². The molecule has 0 aliphatic rings. The van der Waals surface area contributed by atoms with Crippen molar-refractivity contribution in [3.8, 4) is 0 Å². The minimum Gasteiger partial charge on any atom is -0.445 e. The fourth-order valence-corrected chi connectivity index (χ4v) is 3.72. The monoisotopic (exact) mass is 477 g/mol. The molecule has 1 aromatic heterocycles. The molecule has 0 saturated heterocycles. The first-order chi connectivity index (χ1) is 16.6. The van der Waals surface area contributed by atoms with E-state index in [0.717, 1.165) is 17.2 Å². The third-order valence-electron chi connectivity index (χ3n) is 5.49. The van der Waals surface area contributed by atoms with Crippen molar-refractivity contribution in [1.82, 2.24) is 15.2 Å². The summed E-state index contributed by atoms with van der Waals surface area (Å²) in [5, 5.41) is 2.56. The fraction of sp³-hybridized carbons (Fsp3) is 0.259. The van der Waals surface area contributed by atoms with E-state index in [1.807, 2.05) is 43.3 Å². The molecule has 3 aromatic rings. The maximum absolute atomic E-state index is 14.0. The second kappa shape index (κ2) is 10.9. The largest absolute Gasteiger partial charge is 0.445 e. The molecule has 0 aliphatic carbocycles. The first-order valence-corrected chi connectivity index (χ1v) is 11.1. The number of nitrogens with zero attached hydrogens (tertiary/aromatic N) is 2. The number of alkyl carbamates (subject to hydrolysis) is 1. The van der Waals surface area contributed by atoms with E-state index in [9.17, 15) is 18.8 Å². The van der Waals surface area contributed by atoms with E-state index in [-0.39, 0.29) is 12.2 Å². The average Bonchev–Trinajstić information content (AvgIpc) is 2.82. The number of rotatable bonds is 8. The van der Waals surface area contributed by atoms with Crippen LogP contribution in [0.5, 0.6) is 0 Å². The summed E-state index contributed by atoms with van der Waals surface area (Å²) >= 11 is 0. The number of ketones is 1. The summed E-state index contributed by atoms with van der Waals surface area (Å²) in [6.45, 7) is 4.91. The van der Waals surface area contributed by atoms with Crippen molar-refractivity contribution in [3.63, 3.8) is 0 Å². The van der Waals surface area contributed by atoms with E-state index in [2.05, 4.69) is 10.3 Å². The Morgan fingerprint density at radius 1 is 1.06 bits per heavy atom. The quantitative estimate of drug-likeness (QED) is 0.378. The van der Waals surface area contributed by atoms with Gasteiger partial charge in [-0.1, -0.05) is 54.1 Å². The Labute approximate surface area is 203 Å². The summed E-state index contributed by atoms with van der Waals surface area (Å²) in [5.74, 6) is -1.72. The highest BCUT2D eigenvalue weighted by Gasteiger charge is 2.38. The van der Waals surface area contributed by atoms with Gasteiger partial charge in [-0.3, -0.25) is 9.59 Å². The number of carbonyl (C=O) groups excluding carboxylic acids is 3. The number of carbonyl (C=O) groups is 3. The van der Waals surface area contributed by atoms with Crippen molar-refractivity contribution in [2.45, 2.75) is 39.0 Å². The van der Waals surface area contributed by atoms with E-state index in [0.29, 0.717) is 5.56 Å². The van der Waals surface area contributed by atoms with Crippen LogP contribution in [0.2, 0.25) is 0 Å². The Kier molecular flexibility index (Phi) is 7.96. The van der Waals surface area contributed by atoms with Gasteiger partial charge in [-0.2, -0.15) is 4.39 Å². The molecule has 0 aliphatic heterocycles. The molecule has 2 aromatic carbocycles. The van der Waals surface area contributed by atoms with Gasteiger partial charge in [0.2, 0.25) is 11.9 Å². The lowest BCUT2D eigenvalue weighted by atomic mass is 9.94. The Bertz CT molecular complexity index is 1210. The summed E-state index contributed by atoms with van der Waals surface area (Å²) in [7, 11) is 1.44. The third-order valence-corrected chi connectivity index (χ3v) is 5.49. The maximum Gasteiger partial charge on any atom is 0.408 e. The number of nitrogens with one attached hydrogen (secondary N) is 1. The second-order valence-corrected chi connectivity index (χ2v) is 8.78. The van der Waals surface area contributed by atoms with Gasteiger partial charge >= 0.3 is 6.09 Å². The van der Waals surface area contributed by atoms with Gasteiger partial charge < -0.3 is 15.0 Å². The number of aryl methyl sites for hydroxylation is 1. The van der Waals surface area contributed by atoms with Crippen LogP contribution in [-0.2, 0) is 16.1 Å². The zero-order valence-electron chi connectivity index (χ0n) is 20.1. The van der Waals surface area contributed by atoms with Crippen molar-refractivity contribution in [3.05, 3.63) is 101 Å². The molecular weight excluding hydrogens is 449 g/mol. The zero-order valence-corrected chi connectivity index (χ0v) is 20.1. The lowest BCUT2D eigenvalue weighted by Gasteiger charge is -2.34. The normalized spacial score (nSPS) is 11.9. The number of pyridine rings is 1. The lowest BCUT2D eigenvalue weighted by molar-refractivity contribution is -0.137. The average molecular weight is 478 g/mol. The molecule has 2 amide bonds. The predicted molar refractivity (Wildman–Crippen MR) is 129 cm³/mol. The molecule has 1 atom stereocenters. The smallest absolute Gasteiger partial charge is 0.408 e. The van der Waals surface area contributed by atoms with Crippen LogP contribution >= 0.6 is 0 Å². The number of ether oxygens (including phenoxy) is 1. The van der Waals surface area contributed by atoms with Gasteiger partial charge in [-0.15, -0.1) is 0 Å². The summed E-state index contributed by atoms with van der Waals surface area (Å²) in [4.78, 5) is 44.1. The molecule has 8 heteroatoms. The van der Waals surface area contributed by atoms with E-state index in [1.165, 1.54) is 38.1 Å². The molecule has 1 unspecified atom stereocenters. The number of halogens is 1. The highest BCUT2D eigenvalue weighted by Crippen LogP contribution is 2.27. The van der Waals surface area contributed by atoms with Crippen LogP contribution in [0.3, 0.4) is 0 Å². The van der Waals surface area contributed by atoms with Crippen molar-refractivity contribution in [1.29, 1.82) is 0 Å². The van der Waals surface area contributed by atoms with Crippen LogP contribution in [0.4, 0.5) is 9.18 Å². The second-order valence-electron chi connectivity index (χ2n) is 8.78. The number of hydrogen-bond acceptors (Lipinski definition) is 5. The Morgan fingerprint density at radius 2 is 1.77 bits per heavy atom. The number of aromatic nitrogens is 1. The van der Waals surface area contributed by atoms with Gasteiger partial charge in [0.05, 0.1) is 0 Å². The van der Waals surface area contributed by atoms with E-state index in [4.69, 9.17) is 4.74 Å². The van der Waals surface area contributed by atoms with E-state index < -0.39 is 35.3 Å². The SMILES string of the molecule is Cc1cccc(C(=O)C(c2ccnc(F)c2)N(C)C(=O)C(C)(C)NC(=O)OCc2ccccc2)c1. The Morgan fingerprint density at radius 3 is 2.43 bits per heavy atom. The maximum atomic E-state index is 14.0. The molecule has 0 radical (unpaired) electrons. The molecule has 3 rings (SSSR count). The number of amides is 2. The zero-order chi connectivity index (χ0) is 25.6. The number of likely N-dealkylation sites (N-methyl/N-ethyl adjacent to an activating group) is 1. The highest BCUT2D eigenvalue weighted by atomic mass is 19.1. The minimum absolute atomic E-state index is 0.0392. The standard InChI is InChI=1S/C27H28FN3O4/c1-18-9-8-12-21(15-18)24(32)23(20-13-14-29-22(28)16-20)31(4)25(33)27(2,3)30-26(34)35-17-19-10-6-5-7-11-19/h5-16,23H,17H2,1-4H3,(H,30,34). The van der Waals surface area contributed by atoms with Gasteiger partial charge in [0, 0.05) is 18.8 Å². The van der Waals surface area contributed by atoms with Gasteiger partial charge in [-0.25, -0.2) is 9.78 Å². The minimum atomic E-state index is -1.42. The van der Waals surface area contributed by atoms with Crippen molar-refractivity contribution in [2.75, 3.05) is 7.05 Å². The molecule has 0 saturated carbocycles. The summed E-state index contributed by atoms with van der Waals surface area (Å²) in [5.41, 5.74) is 0.890. The molecule has 35 heavy (non-hydrogen) atoms. The molecule has 1 N–H and O–H groups in total. The van der Waals surface area contributed by atoms with Crippen LogP contribution < -0.4 is 5.32 Å². The predicted octanol–water partition coefficient (Wildman–Crippen LogP) is 4.62. The molecule has 7 nitrogen and oxygen atoms in total. The highest BCUT2D eigenvalue weighted by molar-refractivity contribution is 6.03. The fourth-order valence-electron chi connectivity index (χ4n) is 3.72. The summed E-state index contributed by atoms with van der Waals surface area (Å²) < 4.78 is 19.2. The molecular formula is C27H28FN3O4. The number of hydrogen-bond donors (Lipinski definition) is 1. The number of benzene rings is 2. The van der Waals surface area contributed by atoms with Crippen LogP contribution in [0.15, 0.2) is 72.9 Å². The van der Waals surface area contributed by atoms with Crippen molar-refractivity contribution >= 4 is 17.8 Å². The lowest BCUT2D eigenvalue weighted by Crippen LogP contribution is -2.56. The topological polar surface area (TPSA) is 88.6 Å². The Balaban J connectivity index is 1.82.